The maximum Gasteiger partial charge on any atom is 0.227 e. The van der Waals surface area contributed by atoms with Crippen molar-refractivity contribution >= 4 is 12.0 Å². The van der Waals surface area contributed by atoms with E-state index in [2.05, 4.69) is 16.1 Å². The largest absolute Gasteiger partial charge is 0.361 e. The molecule has 0 radical (unpaired) electrons. The van der Waals surface area contributed by atoms with Crippen molar-refractivity contribution in [2.24, 2.45) is 5.92 Å². The zero-order valence-electron chi connectivity index (χ0n) is 16.4. The molecule has 3 fully saturated rings. The highest BCUT2D eigenvalue weighted by Gasteiger charge is 2.40. The average Bonchev–Trinajstić information content (AvgIpc) is 2.85. The van der Waals surface area contributed by atoms with Gasteiger partial charge in [-0.05, 0) is 44.4 Å². The Balaban J connectivity index is 1.43. The Morgan fingerprint density at radius 3 is 2.71 bits per heavy atom. The highest BCUT2D eigenvalue weighted by Crippen LogP contribution is 2.31. The second kappa shape index (κ2) is 7.87. The molecule has 3 aliphatic rings. The quantitative estimate of drug-likeness (QED) is 0.792. The lowest BCUT2D eigenvalue weighted by Crippen LogP contribution is -2.47. The Labute approximate surface area is 164 Å². The van der Waals surface area contributed by atoms with Gasteiger partial charge in [0.05, 0.1) is 18.2 Å². The van der Waals surface area contributed by atoms with Gasteiger partial charge in [-0.15, -0.1) is 0 Å². The summed E-state index contributed by atoms with van der Waals surface area (Å²) in [5, 5.41) is 4.03. The molecular formula is C22H26FN3O2. The minimum Gasteiger partial charge on any atom is -0.361 e. The number of hydrogen-bond donors (Lipinski definition) is 0. The van der Waals surface area contributed by atoms with Crippen molar-refractivity contribution in [3.8, 4) is 0 Å². The molecule has 3 saturated heterocycles. The third-order valence-electron chi connectivity index (χ3n) is 5.92. The molecule has 2 atom stereocenters. The molecule has 1 aromatic heterocycles. The lowest BCUT2D eigenvalue weighted by atomic mass is 9.93. The van der Waals surface area contributed by atoms with Crippen LogP contribution in [-0.2, 0) is 11.3 Å². The summed E-state index contributed by atoms with van der Waals surface area (Å²) in [6.45, 7) is 6.87. The molecule has 0 aliphatic carbocycles. The van der Waals surface area contributed by atoms with E-state index in [1.807, 2.05) is 24.8 Å². The predicted molar refractivity (Wildman–Crippen MR) is 105 cm³/mol. The number of halogens is 1. The first kappa shape index (κ1) is 18.9. The molecule has 28 heavy (non-hydrogen) atoms. The first-order chi connectivity index (χ1) is 13.5. The summed E-state index contributed by atoms with van der Waals surface area (Å²) in [6.07, 6.45) is 6.11. The molecule has 0 N–H and O–H groups in total. The first-order valence-corrected chi connectivity index (χ1v) is 9.88. The summed E-state index contributed by atoms with van der Waals surface area (Å²) in [7, 11) is 0. The number of aryl methyl sites for hydroxylation is 2. The molecule has 6 heteroatoms. The van der Waals surface area contributed by atoms with Crippen molar-refractivity contribution in [2.45, 2.75) is 39.3 Å². The van der Waals surface area contributed by atoms with Gasteiger partial charge in [0.1, 0.15) is 11.6 Å². The number of aromatic nitrogens is 1. The Morgan fingerprint density at radius 2 is 2.00 bits per heavy atom. The lowest BCUT2D eigenvalue weighted by molar-refractivity contribution is -0.140. The highest BCUT2D eigenvalue weighted by molar-refractivity contribution is 5.80. The maximum atomic E-state index is 13.0. The van der Waals surface area contributed by atoms with Gasteiger partial charge in [-0.2, -0.15) is 0 Å². The van der Waals surface area contributed by atoms with E-state index in [0.717, 1.165) is 55.1 Å². The van der Waals surface area contributed by atoms with Gasteiger partial charge < -0.3 is 9.42 Å². The second-order valence-corrected chi connectivity index (χ2v) is 7.87. The van der Waals surface area contributed by atoms with Crippen molar-refractivity contribution in [1.82, 2.24) is 15.0 Å². The van der Waals surface area contributed by atoms with Crippen LogP contribution in [0.15, 0.2) is 34.9 Å². The molecular weight excluding hydrogens is 357 g/mol. The fourth-order valence-electron chi connectivity index (χ4n) is 4.30. The van der Waals surface area contributed by atoms with Crippen LogP contribution >= 0.6 is 0 Å². The van der Waals surface area contributed by atoms with Crippen molar-refractivity contribution in [2.75, 3.05) is 19.6 Å². The van der Waals surface area contributed by atoms with E-state index < -0.39 is 0 Å². The van der Waals surface area contributed by atoms with E-state index in [1.54, 1.807) is 12.1 Å². The number of nitrogens with zero attached hydrogens (tertiary/aromatic N) is 3. The van der Waals surface area contributed by atoms with E-state index in [-0.39, 0.29) is 23.7 Å². The van der Waals surface area contributed by atoms with Crippen LogP contribution in [-0.4, -0.2) is 46.5 Å². The molecule has 3 aliphatic heterocycles. The van der Waals surface area contributed by atoms with Gasteiger partial charge >= 0.3 is 0 Å². The van der Waals surface area contributed by atoms with Crippen LogP contribution in [0.4, 0.5) is 4.39 Å². The van der Waals surface area contributed by atoms with Gasteiger partial charge in [0, 0.05) is 31.2 Å². The Bertz CT molecular complexity index is 855. The average molecular weight is 383 g/mol. The van der Waals surface area contributed by atoms with Crippen LogP contribution in [0, 0.1) is 25.6 Å². The number of carbonyl (C=O) groups is 1. The number of amides is 1. The number of benzene rings is 1. The molecule has 5 nitrogen and oxygen atoms in total. The molecule has 5 rings (SSSR count). The molecule has 4 heterocycles. The number of rotatable bonds is 5. The summed E-state index contributed by atoms with van der Waals surface area (Å²) in [4.78, 5) is 17.4. The molecule has 2 aromatic rings. The first-order valence-electron chi connectivity index (χ1n) is 9.88. The van der Waals surface area contributed by atoms with Crippen molar-refractivity contribution in [1.29, 1.82) is 0 Å². The van der Waals surface area contributed by atoms with Crippen LogP contribution in [0.2, 0.25) is 0 Å². The van der Waals surface area contributed by atoms with E-state index in [1.165, 1.54) is 12.1 Å². The van der Waals surface area contributed by atoms with E-state index in [9.17, 15) is 9.18 Å². The summed E-state index contributed by atoms with van der Waals surface area (Å²) < 4.78 is 18.3. The minimum atomic E-state index is -0.224. The zero-order valence-corrected chi connectivity index (χ0v) is 16.4. The Hall–Kier alpha value is -2.47. The number of piperidine rings is 1. The fraction of sp³-hybridized carbons (Fsp3) is 0.455. The zero-order chi connectivity index (χ0) is 19.7. The Morgan fingerprint density at radius 1 is 1.21 bits per heavy atom. The van der Waals surface area contributed by atoms with Crippen LogP contribution in [0.3, 0.4) is 0 Å². The summed E-state index contributed by atoms with van der Waals surface area (Å²) in [5.41, 5.74) is 2.88. The number of hydrogen-bond acceptors (Lipinski definition) is 4. The van der Waals surface area contributed by atoms with Gasteiger partial charge in [0.25, 0.3) is 0 Å². The van der Waals surface area contributed by atoms with E-state index in [0.29, 0.717) is 6.54 Å². The van der Waals surface area contributed by atoms with Gasteiger partial charge in [-0.25, -0.2) is 4.39 Å². The van der Waals surface area contributed by atoms with Gasteiger partial charge in [0.2, 0.25) is 5.91 Å². The molecule has 0 unspecified atom stereocenters. The van der Waals surface area contributed by atoms with Crippen LogP contribution < -0.4 is 0 Å². The normalized spacial score (nSPS) is 23.0. The topological polar surface area (TPSA) is 49.6 Å². The molecule has 1 aromatic carbocycles. The van der Waals surface area contributed by atoms with Crippen molar-refractivity contribution in [3.05, 3.63) is 58.7 Å². The molecule has 148 valence electrons. The summed E-state index contributed by atoms with van der Waals surface area (Å²) in [5.74, 6) is 0.877. The van der Waals surface area contributed by atoms with Crippen molar-refractivity contribution in [3.63, 3.8) is 0 Å². The third kappa shape index (κ3) is 3.87. The molecule has 2 bridgehead atoms. The predicted octanol–water partition coefficient (Wildman–Crippen LogP) is 3.57. The second-order valence-electron chi connectivity index (χ2n) is 7.87. The monoisotopic (exact) mass is 383 g/mol. The smallest absolute Gasteiger partial charge is 0.227 e. The number of fused-ring (bicyclic) bond motifs is 4. The number of carbonyl (C=O) groups excluding carboxylic acids is 1. The molecule has 1 amide bonds. The minimum absolute atomic E-state index is 0.0541. The summed E-state index contributed by atoms with van der Waals surface area (Å²) in [6, 6.07) is 6.70. The van der Waals surface area contributed by atoms with E-state index in [4.69, 9.17) is 4.52 Å². The molecule has 0 spiro atoms. The lowest BCUT2D eigenvalue weighted by Gasteiger charge is -2.36. The van der Waals surface area contributed by atoms with Crippen LogP contribution in [0.25, 0.3) is 6.08 Å². The van der Waals surface area contributed by atoms with Gasteiger partial charge in [-0.1, -0.05) is 29.4 Å². The van der Waals surface area contributed by atoms with Gasteiger partial charge in [0.15, 0.2) is 0 Å². The van der Waals surface area contributed by atoms with Crippen molar-refractivity contribution < 1.29 is 13.7 Å². The highest BCUT2D eigenvalue weighted by atomic mass is 19.1. The SMILES string of the molecule is Cc1noc(C)c1CN1C(=O)[C@H]2CC[C@@H]1CN(C/C=C/c1ccc(F)cc1)C2. The standard InChI is InChI=1S/C22H26FN3O2/c1-15-21(16(2)28-24-15)14-26-20-10-7-18(22(26)27)12-25(13-20)11-3-4-17-5-8-19(23)9-6-17/h3-6,8-9,18,20H,7,10-14H2,1-2H3/b4-3+/t18-,20+/m0/s1. The van der Waals surface area contributed by atoms with Crippen LogP contribution in [0.5, 0.6) is 0 Å². The fourth-order valence-corrected chi connectivity index (χ4v) is 4.30. The van der Waals surface area contributed by atoms with Gasteiger partial charge in [-0.3, -0.25) is 9.69 Å². The maximum absolute atomic E-state index is 13.0. The summed E-state index contributed by atoms with van der Waals surface area (Å²) >= 11 is 0. The van der Waals surface area contributed by atoms with Crippen LogP contribution in [0.1, 0.15) is 35.4 Å². The molecule has 0 saturated carbocycles. The third-order valence-corrected chi connectivity index (χ3v) is 5.92. The van der Waals surface area contributed by atoms with E-state index >= 15 is 0 Å². The Kier molecular flexibility index (Phi) is 5.31.